The molecule has 2 rings (SSSR count). The normalized spacial score (nSPS) is 44.2. The summed E-state index contributed by atoms with van der Waals surface area (Å²) >= 11 is 0. The molecule has 2 N–H and O–H groups in total. The molecule has 5 atom stereocenters. The number of rotatable bonds is 2. The minimum atomic E-state index is 0.505. The van der Waals surface area contributed by atoms with Crippen molar-refractivity contribution < 1.29 is 0 Å². The molecule has 15 heavy (non-hydrogen) atoms. The zero-order valence-corrected chi connectivity index (χ0v) is 10.4. The summed E-state index contributed by atoms with van der Waals surface area (Å²) < 4.78 is 0. The maximum atomic E-state index is 6.51. The second-order valence-corrected chi connectivity index (χ2v) is 6.18. The van der Waals surface area contributed by atoms with Gasteiger partial charge in [-0.3, -0.25) is 0 Å². The highest BCUT2D eigenvalue weighted by Crippen LogP contribution is 2.39. The van der Waals surface area contributed by atoms with E-state index in [9.17, 15) is 0 Å². The molecule has 1 heteroatoms. The molecule has 2 saturated carbocycles. The quantitative estimate of drug-likeness (QED) is 0.739. The third kappa shape index (κ3) is 2.55. The van der Waals surface area contributed by atoms with Crippen molar-refractivity contribution in [1.82, 2.24) is 0 Å². The van der Waals surface area contributed by atoms with Crippen LogP contribution in [0.2, 0.25) is 0 Å². The van der Waals surface area contributed by atoms with Crippen LogP contribution < -0.4 is 5.73 Å². The summed E-state index contributed by atoms with van der Waals surface area (Å²) in [7, 11) is 0. The lowest BCUT2D eigenvalue weighted by molar-refractivity contribution is 0.187. The SMILES string of the molecule is CC1CCCC(C(N)C2CCCC2C)C1. The maximum Gasteiger partial charge on any atom is 0.00982 e. The molecule has 0 spiro atoms. The van der Waals surface area contributed by atoms with E-state index in [1.54, 1.807) is 0 Å². The Labute approximate surface area is 94.8 Å². The summed E-state index contributed by atoms with van der Waals surface area (Å²) in [5, 5.41) is 0. The first-order valence-electron chi connectivity index (χ1n) is 6.94. The fourth-order valence-corrected chi connectivity index (χ4v) is 3.93. The Morgan fingerprint density at radius 2 is 1.73 bits per heavy atom. The lowest BCUT2D eigenvalue weighted by atomic mass is 9.73. The van der Waals surface area contributed by atoms with Crippen LogP contribution in [0.4, 0.5) is 0 Å². The topological polar surface area (TPSA) is 26.0 Å². The largest absolute Gasteiger partial charge is 0.327 e. The van der Waals surface area contributed by atoms with Crippen LogP contribution in [0.25, 0.3) is 0 Å². The third-order valence-corrected chi connectivity index (χ3v) is 4.94. The molecule has 0 aromatic carbocycles. The van der Waals surface area contributed by atoms with Crippen molar-refractivity contribution in [2.45, 2.75) is 64.8 Å². The van der Waals surface area contributed by atoms with E-state index >= 15 is 0 Å². The van der Waals surface area contributed by atoms with Crippen molar-refractivity contribution in [2.24, 2.45) is 29.4 Å². The highest BCUT2D eigenvalue weighted by Gasteiger charge is 2.34. The van der Waals surface area contributed by atoms with Gasteiger partial charge in [-0.25, -0.2) is 0 Å². The summed E-state index contributed by atoms with van der Waals surface area (Å²) in [5.41, 5.74) is 6.51. The molecular formula is C14H27N. The van der Waals surface area contributed by atoms with Crippen molar-refractivity contribution in [1.29, 1.82) is 0 Å². The van der Waals surface area contributed by atoms with Crippen LogP contribution in [0, 0.1) is 23.7 Å². The first kappa shape index (κ1) is 11.4. The van der Waals surface area contributed by atoms with Crippen molar-refractivity contribution in [3.05, 3.63) is 0 Å². The summed E-state index contributed by atoms with van der Waals surface area (Å²) in [6.07, 6.45) is 9.87. The summed E-state index contributed by atoms with van der Waals surface area (Å²) in [6, 6.07) is 0.505. The Balaban J connectivity index is 1.91. The molecule has 0 aliphatic heterocycles. The van der Waals surface area contributed by atoms with Crippen molar-refractivity contribution >= 4 is 0 Å². The Morgan fingerprint density at radius 1 is 1.00 bits per heavy atom. The van der Waals surface area contributed by atoms with Gasteiger partial charge in [0.05, 0.1) is 0 Å². The van der Waals surface area contributed by atoms with E-state index in [4.69, 9.17) is 5.73 Å². The lowest BCUT2D eigenvalue weighted by Gasteiger charge is -2.35. The molecule has 1 nitrogen and oxygen atoms in total. The van der Waals surface area contributed by atoms with Crippen molar-refractivity contribution in [3.8, 4) is 0 Å². The van der Waals surface area contributed by atoms with Crippen LogP contribution in [0.15, 0.2) is 0 Å². The highest BCUT2D eigenvalue weighted by molar-refractivity contribution is 4.89. The van der Waals surface area contributed by atoms with Gasteiger partial charge in [0.2, 0.25) is 0 Å². The average molecular weight is 209 g/mol. The molecule has 88 valence electrons. The van der Waals surface area contributed by atoms with E-state index in [-0.39, 0.29) is 0 Å². The number of hydrogen-bond donors (Lipinski definition) is 1. The third-order valence-electron chi connectivity index (χ3n) is 4.94. The van der Waals surface area contributed by atoms with Crippen LogP contribution >= 0.6 is 0 Å². The zero-order chi connectivity index (χ0) is 10.8. The highest BCUT2D eigenvalue weighted by atomic mass is 14.7. The molecule has 0 heterocycles. The van der Waals surface area contributed by atoms with Crippen LogP contribution in [-0.4, -0.2) is 6.04 Å². The van der Waals surface area contributed by atoms with Gasteiger partial charge >= 0.3 is 0 Å². The molecule has 2 aliphatic rings. The maximum absolute atomic E-state index is 6.51. The van der Waals surface area contributed by atoms with Gasteiger partial charge in [-0.2, -0.15) is 0 Å². The van der Waals surface area contributed by atoms with Crippen LogP contribution in [-0.2, 0) is 0 Å². The Kier molecular flexibility index (Phi) is 3.71. The lowest BCUT2D eigenvalue weighted by Crippen LogP contribution is -2.40. The minimum Gasteiger partial charge on any atom is -0.327 e. The van der Waals surface area contributed by atoms with E-state index in [1.165, 1.54) is 44.9 Å². The van der Waals surface area contributed by atoms with Gasteiger partial charge in [-0.05, 0) is 42.9 Å². The van der Waals surface area contributed by atoms with Gasteiger partial charge in [0, 0.05) is 6.04 Å². The monoisotopic (exact) mass is 209 g/mol. The number of hydrogen-bond acceptors (Lipinski definition) is 1. The predicted octanol–water partition coefficient (Wildman–Crippen LogP) is 3.58. The fourth-order valence-electron chi connectivity index (χ4n) is 3.93. The van der Waals surface area contributed by atoms with Gasteiger partial charge in [0.15, 0.2) is 0 Å². The molecule has 2 fully saturated rings. The molecule has 0 aromatic rings. The first-order chi connectivity index (χ1) is 7.18. The molecule has 0 aromatic heterocycles. The van der Waals surface area contributed by atoms with E-state index in [0.29, 0.717) is 6.04 Å². The summed E-state index contributed by atoms with van der Waals surface area (Å²) in [5.74, 6) is 3.48. The van der Waals surface area contributed by atoms with Gasteiger partial charge in [-0.15, -0.1) is 0 Å². The standard InChI is InChI=1S/C14H27N/c1-10-5-3-7-12(9-10)14(15)13-8-4-6-11(13)2/h10-14H,3-9,15H2,1-2H3. The van der Waals surface area contributed by atoms with E-state index in [2.05, 4.69) is 13.8 Å². The smallest absolute Gasteiger partial charge is 0.00982 e. The van der Waals surface area contributed by atoms with Crippen LogP contribution in [0.3, 0.4) is 0 Å². The minimum absolute atomic E-state index is 0.505. The van der Waals surface area contributed by atoms with Gasteiger partial charge < -0.3 is 5.73 Å². The Bertz CT molecular complexity index is 202. The Morgan fingerprint density at radius 3 is 2.33 bits per heavy atom. The van der Waals surface area contributed by atoms with Crippen molar-refractivity contribution in [3.63, 3.8) is 0 Å². The van der Waals surface area contributed by atoms with Crippen LogP contribution in [0.5, 0.6) is 0 Å². The van der Waals surface area contributed by atoms with Gasteiger partial charge in [0.25, 0.3) is 0 Å². The second kappa shape index (κ2) is 4.86. The predicted molar refractivity (Wildman–Crippen MR) is 65.6 cm³/mol. The van der Waals surface area contributed by atoms with E-state index in [0.717, 1.165) is 23.7 Å². The average Bonchev–Trinajstić information content (AvgIpc) is 2.63. The first-order valence-corrected chi connectivity index (χ1v) is 6.94. The van der Waals surface area contributed by atoms with Gasteiger partial charge in [-0.1, -0.05) is 39.5 Å². The van der Waals surface area contributed by atoms with Crippen molar-refractivity contribution in [2.75, 3.05) is 0 Å². The zero-order valence-electron chi connectivity index (χ0n) is 10.4. The second-order valence-electron chi connectivity index (χ2n) is 6.18. The van der Waals surface area contributed by atoms with Gasteiger partial charge in [0.1, 0.15) is 0 Å². The Hall–Kier alpha value is -0.0400. The molecular weight excluding hydrogens is 182 g/mol. The summed E-state index contributed by atoms with van der Waals surface area (Å²) in [4.78, 5) is 0. The van der Waals surface area contributed by atoms with E-state index in [1.807, 2.05) is 0 Å². The fraction of sp³-hybridized carbons (Fsp3) is 1.00. The summed E-state index contributed by atoms with van der Waals surface area (Å²) in [6.45, 7) is 4.81. The molecule has 2 aliphatic carbocycles. The van der Waals surface area contributed by atoms with Crippen LogP contribution in [0.1, 0.15) is 58.8 Å². The molecule has 0 bridgehead atoms. The number of nitrogens with two attached hydrogens (primary N) is 1. The molecule has 0 saturated heterocycles. The van der Waals surface area contributed by atoms with E-state index < -0.39 is 0 Å². The molecule has 5 unspecified atom stereocenters. The molecule has 0 radical (unpaired) electrons. The molecule has 0 amide bonds.